The van der Waals surface area contributed by atoms with Crippen molar-refractivity contribution in [1.82, 2.24) is 20.2 Å². The summed E-state index contributed by atoms with van der Waals surface area (Å²) in [5.74, 6) is 2.27. The van der Waals surface area contributed by atoms with Crippen molar-refractivity contribution < 1.29 is 4.74 Å². The molecule has 1 heterocycles. The van der Waals surface area contributed by atoms with Gasteiger partial charge in [0.15, 0.2) is 5.82 Å². The number of nitrogens with one attached hydrogen (secondary N) is 1. The number of nitrogens with zero attached hydrogens (tertiary/aromatic N) is 4. The van der Waals surface area contributed by atoms with Crippen LogP contribution in [0.2, 0.25) is 0 Å². The fourth-order valence-electron chi connectivity index (χ4n) is 1.84. The number of aromatic nitrogens is 4. The molecule has 0 aliphatic rings. The Balaban J connectivity index is 1.59. The van der Waals surface area contributed by atoms with E-state index in [1.54, 1.807) is 7.05 Å². The van der Waals surface area contributed by atoms with Gasteiger partial charge in [-0.15, -0.1) is 10.2 Å². The molecule has 0 saturated heterocycles. The number of anilines is 1. The van der Waals surface area contributed by atoms with Crippen LogP contribution in [0.5, 0.6) is 11.5 Å². The molecule has 6 heteroatoms. The summed E-state index contributed by atoms with van der Waals surface area (Å²) < 4.78 is 5.73. The summed E-state index contributed by atoms with van der Waals surface area (Å²) in [6, 6.07) is 17.4. The molecule has 0 saturated carbocycles. The van der Waals surface area contributed by atoms with E-state index in [0.29, 0.717) is 12.4 Å². The van der Waals surface area contributed by atoms with Gasteiger partial charge >= 0.3 is 0 Å². The van der Waals surface area contributed by atoms with Gasteiger partial charge in [0.1, 0.15) is 11.5 Å². The van der Waals surface area contributed by atoms with Gasteiger partial charge in [0.05, 0.1) is 13.6 Å². The van der Waals surface area contributed by atoms with Gasteiger partial charge < -0.3 is 10.1 Å². The maximum atomic E-state index is 5.73. The second-order valence-electron chi connectivity index (χ2n) is 4.49. The second kappa shape index (κ2) is 6.04. The summed E-state index contributed by atoms with van der Waals surface area (Å²) in [7, 11) is 1.74. The Hall–Kier alpha value is -2.89. The summed E-state index contributed by atoms with van der Waals surface area (Å²) in [5.41, 5.74) is 0.975. The van der Waals surface area contributed by atoms with Crippen LogP contribution in [0.4, 0.5) is 5.69 Å². The number of benzene rings is 2. The molecular weight excluding hydrogens is 266 g/mol. The molecule has 0 atom stereocenters. The van der Waals surface area contributed by atoms with Crippen molar-refractivity contribution in [2.24, 2.45) is 7.05 Å². The lowest BCUT2D eigenvalue weighted by Crippen LogP contribution is -2.02. The van der Waals surface area contributed by atoms with Crippen molar-refractivity contribution >= 4 is 5.69 Å². The first kappa shape index (κ1) is 13.1. The predicted octanol–water partition coefficient (Wildman–Crippen LogP) is 2.61. The molecule has 0 fully saturated rings. The molecule has 1 aromatic heterocycles. The summed E-state index contributed by atoms with van der Waals surface area (Å²) in [5, 5.41) is 15.0. The van der Waals surface area contributed by atoms with Gasteiger partial charge in [-0.3, -0.25) is 0 Å². The minimum atomic E-state index is 0.534. The van der Waals surface area contributed by atoms with Gasteiger partial charge in [0.2, 0.25) is 0 Å². The third-order valence-electron chi connectivity index (χ3n) is 2.83. The highest BCUT2D eigenvalue weighted by Gasteiger charge is 2.01. The van der Waals surface area contributed by atoms with Gasteiger partial charge in [-0.2, -0.15) is 4.80 Å². The van der Waals surface area contributed by atoms with Crippen molar-refractivity contribution in [1.29, 1.82) is 0 Å². The topological polar surface area (TPSA) is 64.9 Å². The molecule has 106 valence electrons. The van der Waals surface area contributed by atoms with E-state index < -0.39 is 0 Å². The maximum absolute atomic E-state index is 5.73. The zero-order valence-corrected chi connectivity index (χ0v) is 11.6. The highest BCUT2D eigenvalue weighted by Crippen LogP contribution is 2.22. The van der Waals surface area contributed by atoms with Crippen LogP contribution < -0.4 is 10.1 Å². The van der Waals surface area contributed by atoms with Crippen molar-refractivity contribution in [3.8, 4) is 11.5 Å². The molecule has 0 amide bonds. The Labute approximate surface area is 122 Å². The normalized spacial score (nSPS) is 10.3. The monoisotopic (exact) mass is 281 g/mol. The number of aryl methyl sites for hydroxylation is 1. The van der Waals surface area contributed by atoms with E-state index in [1.165, 1.54) is 4.80 Å². The van der Waals surface area contributed by atoms with Gasteiger partial charge in [0.25, 0.3) is 0 Å². The smallest absolute Gasteiger partial charge is 0.193 e. The molecule has 0 radical (unpaired) electrons. The van der Waals surface area contributed by atoms with Crippen LogP contribution in [-0.4, -0.2) is 20.2 Å². The van der Waals surface area contributed by atoms with E-state index in [1.807, 2.05) is 54.6 Å². The van der Waals surface area contributed by atoms with E-state index in [2.05, 4.69) is 20.7 Å². The number of hydrogen-bond acceptors (Lipinski definition) is 5. The van der Waals surface area contributed by atoms with Crippen molar-refractivity contribution in [2.75, 3.05) is 5.32 Å². The van der Waals surface area contributed by atoms with Gasteiger partial charge in [0, 0.05) is 5.69 Å². The second-order valence-corrected chi connectivity index (χ2v) is 4.49. The molecule has 2 aromatic carbocycles. The minimum absolute atomic E-state index is 0.534. The van der Waals surface area contributed by atoms with Gasteiger partial charge in [-0.1, -0.05) is 18.2 Å². The van der Waals surface area contributed by atoms with Crippen molar-refractivity contribution in [2.45, 2.75) is 6.54 Å². The Morgan fingerprint density at radius 3 is 2.38 bits per heavy atom. The summed E-state index contributed by atoms with van der Waals surface area (Å²) in [4.78, 5) is 1.44. The van der Waals surface area contributed by atoms with Gasteiger partial charge in [-0.05, 0) is 41.6 Å². The predicted molar refractivity (Wildman–Crippen MR) is 79.1 cm³/mol. The summed E-state index contributed by atoms with van der Waals surface area (Å²) in [6.07, 6.45) is 0. The van der Waals surface area contributed by atoms with E-state index in [4.69, 9.17) is 4.74 Å². The Morgan fingerprint density at radius 2 is 1.71 bits per heavy atom. The molecule has 0 unspecified atom stereocenters. The highest BCUT2D eigenvalue weighted by molar-refractivity contribution is 5.47. The number of ether oxygens (including phenoxy) is 1. The third kappa shape index (κ3) is 3.56. The fourth-order valence-corrected chi connectivity index (χ4v) is 1.84. The number of rotatable bonds is 5. The fraction of sp³-hybridized carbons (Fsp3) is 0.133. The number of tetrazole rings is 1. The average molecular weight is 281 g/mol. The Kier molecular flexibility index (Phi) is 3.77. The maximum Gasteiger partial charge on any atom is 0.193 e. The molecule has 0 aliphatic carbocycles. The first-order valence-electron chi connectivity index (χ1n) is 6.59. The van der Waals surface area contributed by atoms with Crippen LogP contribution in [0.1, 0.15) is 5.82 Å². The molecule has 0 aliphatic heterocycles. The highest BCUT2D eigenvalue weighted by atomic mass is 16.5. The first-order chi connectivity index (χ1) is 10.3. The SMILES string of the molecule is Cn1nnc(CNc2ccc(Oc3ccccc3)cc2)n1. The molecule has 6 nitrogen and oxygen atoms in total. The number of para-hydroxylation sites is 1. The van der Waals surface area contributed by atoms with Crippen LogP contribution >= 0.6 is 0 Å². The van der Waals surface area contributed by atoms with Crippen molar-refractivity contribution in [3.05, 3.63) is 60.4 Å². The summed E-state index contributed by atoms with van der Waals surface area (Å²) in [6.45, 7) is 0.534. The van der Waals surface area contributed by atoms with Crippen LogP contribution in [-0.2, 0) is 13.6 Å². The minimum Gasteiger partial charge on any atom is -0.457 e. The standard InChI is InChI=1S/C15H15N5O/c1-20-18-15(17-19-20)11-16-12-7-9-14(10-8-12)21-13-5-3-2-4-6-13/h2-10,16H,11H2,1H3. The zero-order valence-electron chi connectivity index (χ0n) is 11.6. The lowest BCUT2D eigenvalue weighted by Gasteiger charge is -2.07. The van der Waals surface area contributed by atoms with Gasteiger partial charge in [-0.25, -0.2) is 0 Å². The van der Waals surface area contributed by atoms with Crippen LogP contribution in [0.25, 0.3) is 0 Å². The molecular formula is C15H15N5O. The molecule has 0 bridgehead atoms. The third-order valence-corrected chi connectivity index (χ3v) is 2.83. The van der Waals surface area contributed by atoms with Crippen LogP contribution in [0.15, 0.2) is 54.6 Å². The zero-order chi connectivity index (χ0) is 14.5. The molecule has 1 N–H and O–H groups in total. The average Bonchev–Trinajstić information content (AvgIpc) is 2.93. The Bertz CT molecular complexity index is 694. The molecule has 0 spiro atoms. The Morgan fingerprint density at radius 1 is 1.00 bits per heavy atom. The lowest BCUT2D eigenvalue weighted by molar-refractivity contribution is 0.483. The van der Waals surface area contributed by atoms with E-state index >= 15 is 0 Å². The molecule has 21 heavy (non-hydrogen) atoms. The van der Waals surface area contributed by atoms with E-state index in [-0.39, 0.29) is 0 Å². The lowest BCUT2D eigenvalue weighted by atomic mass is 10.3. The molecule has 3 rings (SSSR count). The van der Waals surface area contributed by atoms with Crippen LogP contribution in [0, 0.1) is 0 Å². The number of hydrogen-bond donors (Lipinski definition) is 1. The van der Waals surface area contributed by atoms with Crippen molar-refractivity contribution in [3.63, 3.8) is 0 Å². The summed E-state index contributed by atoms with van der Waals surface area (Å²) >= 11 is 0. The van der Waals surface area contributed by atoms with E-state index in [0.717, 1.165) is 17.2 Å². The molecule has 3 aromatic rings. The first-order valence-corrected chi connectivity index (χ1v) is 6.59. The quantitative estimate of drug-likeness (QED) is 0.778. The van der Waals surface area contributed by atoms with E-state index in [9.17, 15) is 0 Å². The largest absolute Gasteiger partial charge is 0.457 e. The van der Waals surface area contributed by atoms with Crippen LogP contribution in [0.3, 0.4) is 0 Å².